The fourth-order valence-electron chi connectivity index (χ4n) is 2.95. The second-order valence-corrected chi connectivity index (χ2v) is 11.2. The second-order valence-electron chi connectivity index (χ2n) is 8.21. The molecule has 4 nitrogen and oxygen atoms in total. The van der Waals surface area contributed by atoms with E-state index in [0.717, 1.165) is 22.6 Å². The van der Waals surface area contributed by atoms with Gasteiger partial charge >= 0.3 is 27.2 Å². The van der Waals surface area contributed by atoms with E-state index in [0.29, 0.717) is 5.75 Å². The molecule has 0 radical (unpaired) electrons. The summed E-state index contributed by atoms with van der Waals surface area (Å²) in [4.78, 5) is 11.8. The van der Waals surface area contributed by atoms with Crippen LogP contribution in [0.5, 0.6) is 17.2 Å². The zero-order chi connectivity index (χ0) is 22.4. The highest BCUT2D eigenvalue weighted by Crippen LogP contribution is 2.29. The molecule has 3 aromatic carbocycles. The highest BCUT2D eigenvalue weighted by atomic mass is 127. The number of hydrogen-bond acceptors (Lipinski definition) is 4. The van der Waals surface area contributed by atoms with E-state index in [2.05, 4.69) is 56.3 Å². The van der Waals surface area contributed by atoms with Gasteiger partial charge in [0.1, 0.15) is 22.8 Å². The lowest BCUT2D eigenvalue weighted by atomic mass is 10.1. The van der Waals surface area contributed by atoms with Gasteiger partial charge in [-0.05, 0) is 94.3 Å². The average Bonchev–Trinajstić information content (AvgIpc) is 2.69. The standard InChI is InChI=1S/C26H28IO4/c1-18-15-21(27-20-9-7-6-8-10-20)16-19(2)25(18)30-23-13-11-22(12-14-23)29-17-24(28)31-26(3,4)5/h6-16H,17H2,1-5H3/q+1. The van der Waals surface area contributed by atoms with Crippen molar-refractivity contribution in [3.05, 3.63) is 85.0 Å². The predicted molar refractivity (Wildman–Crippen MR) is 118 cm³/mol. The van der Waals surface area contributed by atoms with Crippen LogP contribution >= 0.6 is 0 Å². The van der Waals surface area contributed by atoms with Crippen molar-refractivity contribution in [1.29, 1.82) is 0 Å². The minimum atomic E-state index is -0.521. The van der Waals surface area contributed by atoms with Gasteiger partial charge < -0.3 is 14.2 Å². The third kappa shape index (κ3) is 7.28. The van der Waals surface area contributed by atoms with Crippen LogP contribution in [0, 0.1) is 21.0 Å². The molecule has 0 atom stereocenters. The van der Waals surface area contributed by atoms with Crippen LogP contribution in [0.1, 0.15) is 31.9 Å². The number of carbonyl (C=O) groups is 1. The van der Waals surface area contributed by atoms with Gasteiger partial charge in [-0.1, -0.05) is 18.2 Å². The molecular formula is C26H28IO4+. The van der Waals surface area contributed by atoms with E-state index in [1.807, 2.05) is 32.9 Å². The zero-order valence-corrected chi connectivity index (χ0v) is 20.7. The van der Waals surface area contributed by atoms with Crippen molar-refractivity contribution in [2.45, 2.75) is 40.2 Å². The molecule has 3 rings (SSSR count). The molecule has 0 aliphatic heterocycles. The maximum Gasteiger partial charge on any atom is 0.357 e. The van der Waals surface area contributed by atoms with Crippen LogP contribution in [-0.4, -0.2) is 18.2 Å². The molecule has 0 spiro atoms. The predicted octanol–water partition coefficient (Wildman–Crippen LogP) is 2.94. The molecule has 0 aromatic heterocycles. The molecule has 0 unspecified atom stereocenters. The van der Waals surface area contributed by atoms with Crippen LogP contribution < -0.4 is 30.7 Å². The van der Waals surface area contributed by atoms with Crippen LogP contribution in [0.3, 0.4) is 0 Å². The van der Waals surface area contributed by atoms with Gasteiger partial charge in [0.25, 0.3) is 0 Å². The fourth-order valence-corrected chi connectivity index (χ4v) is 5.69. The molecule has 0 aliphatic carbocycles. The van der Waals surface area contributed by atoms with Crippen molar-refractivity contribution in [2.75, 3.05) is 6.61 Å². The molecule has 31 heavy (non-hydrogen) atoms. The lowest BCUT2D eigenvalue weighted by molar-refractivity contribution is -0.597. The van der Waals surface area contributed by atoms with Gasteiger partial charge in [0.2, 0.25) is 0 Å². The molecule has 0 amide bonds. The topological polar surface area (TPSA) is 44.8 Å². The summed E-state index contributed by atoms with van der Waals surface area (Å²) in [6.07, 6.45) is 0. The molecule has 0 aliphatic rings. The Hall–Kier alpha value is -2.54. The first-order valence-corrected chi connectivity index (χ1v) is 12.3. The van der Waals surface area contributed by atoms with Crippen LogP contribution in [-0.2, 0) is 9.53 Å². The lowest BCUT2D eigenvalue weighted by Gasteiger charge is -2.19. The first kappa shape index (κ1) is 23.1. The van der Waals surface area contributed by atoms with Gasteiger partial charge in [0, 0.05) is 0 Å². The number of ether oxygens (including phenoxy) is 3. The van der Waals surface area contributed by atoms with Gasteiger partial charge in [-0.2, -0.15) is 0 Å². The Morgan fingerprint density at radius 2 is 1.42 bits per heavy atom. The number of carbonyl (C=O) groups excluding carboxylic acids is 1. The molecule has 3 aromatic rings. The van der Waals surface area contributed by atoms with Crippen LogP contribution in [0.2, 0.25) is 0 Å². The van der Waals surface area contributed by atoms with Crippen molar-refractivity contribution in [2.24, 2.45) is 0 Å². The van der Waals surface area contributed by atoms with E-state index >= 15 is 0 Å². The number of aryl methyl sites for hydroxylation is 2. The van der Waals surface area contributed by atoms with Crippen molar-refractivity contribution >= 4 is 5.97 Å². The lowest BCUT2D eigenvalue weighted by Crippen LogP contribution is -3.61. The first-order valence-electron chi connectivity index (χ1n) is 10.1. The van der Waals surface area contributed by atoms with E-state index in [1.165, 1.54) is 7.14 Å². The maximum atomic E-state index is 11.8. The van der Waals surface area contributed by atoms with Gasteiger partial charge in [-0.25, -0.2) is 4.79 Å². The minimum Gasteiger partial charge on any atom is -0.482 e. The Morgan fingerprint density at radius 1 is 0.839 bits per heavy atom. The summed E-state index contributed by atoms with van der Waals surface area (Å²) < 4.78 is 19.7. The number of hydrogen-bond donors (Lipinski definition) is 0. The smallest absolute Gasteiger partial charge is 0.357 e. The molecule has 0 saturated carbocycles. The third-order valence-corrected chi connectivity index (χ3v) is 6.78. The van der Waals surface area contributed by atoms with E-state index in [9.17, 15) is 4.79 Å². The molecule has 0 heterocycles. The normalized spacial score (nSPS) is 11.1. The van der Waals surface area contributed by atoms with Gasteiger partial charge in [-0.3, -0.25) is 0 Å². The summed E-state index contributed by atoms with van der Waals surface area (Å²) in [5.41, 5.74) is 1.72. The van der Waals surface area contributed by atoms with E-state index in [-0.39, 0.29) is 27.8 Å². The zero-order valence-electron chi connectivity index (χ0n) is 18.6. The van der Waals surface area contributed by atoms with Crippen molar-refractivity contribution in [3.63, 3.8) is 0 Å². The number of benzene rings is 3. The molecular weight excluding hydrogens is 503 g/mol. The summed E-state index contributed by atoms with van der Waals surface area (Å²) in [5.74, 6) is 1.80. The Morgan fingerprint density at radius 3 is 2.00 bits per heavy atom. The molecule has 0 N–H and O–H groups in total. The first-order chi connectivity index (χ1) is 14.7. The molecule has 0 saturated heterocycles. The summed E-state index contributed by atoms with van der Waals surface area (Å²) in [6.45, 7) is 9.53. The van der Waals surface area contributed by atoms with E-state index in [4.69, 9.17) is 14.2 Å². The highest BCUT2D eigenvalue weighted by molar-refractivity contribution is 5.71. The van der Waals surface area contributed by atoms with Crippen LogP contribution in [0.25, 0.3) is 0 Å². The number of rotatable bonds is 7. The second kappa shape index (κ2) is 10.2. The summed E-state index contributed by atoms with van der Waals surface area (Å²) >= 11 is -0.212. The van der Waals surface area contributed by atoms with Crippen LogP contribution in [0.4, 0.5) is 0 Å². The van der Waals surface area contributed by atoms with Crippen LogP contribution in [0.15, 0.2) is 66.7 Å². The number of halogens is 1. The molecule has 162 valence electrons. The van der Waals surface area contributed by atoms with Gasteiger partial charge in [-0.15, -0.1) is 0 Å². The maximum absolute atomic E-state index is 11.8. The number of esters is 1. The van der Waals surface area contributed by atoms with Crippen molar-refractivity contribution in [1.82, 2.24) is 0 Å². The highest BCUT2D eigenvalue weighted by Gasteiger charge is 2.19. The average molecular weight is 531 g/mol. The Bertz CT molecular complexity index is 999. The Kier molecular flexibility index (Phi) is 7.59. The van der Waals surface area contributed by atoms with Gasteiger partial charge in [0.05, 0.1) is 0 Å². The van der Waals surface area contributed by atoms with E-state index in [1.54, 1.807) is 12.1 Å². The summed E-state index contributed by atoms with van der Waals surface area (Å²) in [7, 11) is 0. The monoisotopic (exact) mass is 531 g/mol. The summed E-state index contributed by atoms with van der Waals surface area (Å²) in [6, 6.07) is 22.3. The van der Waals surface area contributed by atoms with Gasteiger partial charge in [0.15, 0.2) is 13.7 Å². The summed E-state index contributed by atoms with van der Waals surface area (Å²) in [5, 5.41) is 0. The SMILES string of the molecule is Cc1cc([I+]c2ccccc2)cc(C)c1Oc1ccc(OCC(=O)OC(C)(C)C)cc1. The Balaban J connectivity index is 1.62. The Labute approximate surface area is 194 Å². The van der Waals surface area contributed by atoms with E-state index < -0.39 is 11.6 Å². The van der Waals surface area contributed by atoms with Crippen molar-refractivity contribution in [3.8, 4) is 17.2 Å². The molecule has 5 heteroatoms. The minimum absolute atomic E-state index is 0.123. The largest absolute Gasteiger partial charge is 0.482 e. The third-order valence-electron chi connectivity index (χ3n) is 4.20. The molecule has 0 fully saturated rings. The molecule has 0 bridgehead atoms. The van der Waals surface area contributed by atoms with Crippen molar-refractivity contribution < 1.29 is 40.2 Å². The fraction of sp³-hybridized carbons (Fsp3) is 0.269. The quantitative estimate of drug-likeness (QED) is 0.348.